The van der Waals surface area contributed by atoms with Crippen LogP contribution in [0.2, 0.25) is 0 Å². The van der Waals surface area contributed by atoms with Crippen molar-refractivity contribution in [2.24, 2.45) is 5.92 Å². The van der Waals surface area contributed by atoms with Gasteiger partial charge in [0, 0.05) is 6.54 Å². The van der Waals surface area contributed by atoms with Crippen LogP contribution in [-0.2, 0) is 14.4 Å². The quantitative estimate of drug-likeness (QED) is 0.629. The number of carbonyl (C=O) groups is 4. The van der Waals surface area contributed by atoms with Gasteiger partial charge in [0.1, 0.15) is 6.54 Å². The first-order chi connectivity index (χ1) is 11.3. The van der Waals surface area contributed by atoms with Crippen molar-refractivity contribution in [1.82, 2.24) is 15.1 Å². The summed E-state index contributed by atoms with van der Waals surface area (Å²) in [5, 5.41) is 2.72. The monoisotopic (exact) mass is 331 g/mol. The minimum absolute atomic E-state index is 0.0394. The van der Waals surface area contributed by atoms with Crippen molar-refractivity contribution in [1.29, 1.82) is 0 Å². The number of rotatable bonds is 6. The summed E-state index contributed by atoms with van der Waals surface area (Å²) in [5.74, 6) is -2.29. The van der Waals surface area contributed by atoms with E-state index in [1.54, 1.807) is 6.92 Å². The Hall–Kier alpha value is -2.70. The maximum atomic E-state index is 12.2. The van der Waals surface area contributed by atoms with Crippen molar-refractivity contribution in [3.05, 3.63) is 35.9 Å². The Morgan fingerprint density at radius 3 is 2.17 bits per heavy atom. The molecule has 2 rings (SSSR count). The predicted molar refractivity (Wildman–Crippen MR) is 86.7 cm³/mol. The molecule has 1 heterocycles. The van der Waals surface area contributed by atoms with Crippen LogP contribution in [0.15, 0.2) is 30.3 Å². The molecule has 7 heteroatoms. The van der Waals surface area contributed by atoms with Crippen LogP contribution >= 0.6 is 0 Å². The van der Waals surface area contributed by atoms with Gasteiger partial charge in [0.2, 0.25) is 5.91 Å². The van der Waals surface area contributed by atoms with Gasteiger partial charge in [0.25, 0.3) is 0 Å². The van der Waals surface area contributed by atoms with Gasteiger partial charge in [-0.05, 0) is 18.4 Å². The highest BCUT2D eigenvalue weighted by molar-refractivity contribution is 6.45. The van der Waals surface area contributed by atoms with Crippen molar-refractivity contribution in [2.45, 2.75) is 26.8 Å². The third-order valence-corrected chi connectivity index (χ3v) is 3.66. The van der Waals surface area contributed by atoms with Gasteiger partial charge in [-0.15, -0.1) is 0 Å². The topological polar surface area (TPSA) is 86.8 Å². The van der Waals surface area contributed by atoms with Crippen molar-refractivity contribution in [3.8, 4) is 0 Å². The second kappa shape index (κ2) is 7.25. The second-order valence-corrected chi connectivity index (χ2v) is 6.18. The number of benzene rings is 1. The molecule has 0 aliphatic carbocycles. The van der Waals surface area contributed by atoms with E-state index in [9.17, 15) is 19.2 Å². The van der Waals surface area contributed by atoms with Gasteiger partial charge in [0.15, 0.2) is 0 Å². The molecule has 128 valence electrons. The molecule has 0 bridgehead atoms. The minimum atomic E-state index is -0.955. The number of nitrogens with zero attached hydrogens (tertiary/aromatic N) is 2. The summed E-state index contributed by atoms with van der Waals surface area (Å²) < 4.78 is 0. The number of imide groups is 2. The number of nitrogens with one attached hydrogen (secondary N) is 1. The Morgan fingerprint density at radius 2 is 1.58 bits per heavy atom. The molecule has 1 aliphatic heterocycles. The Kier molecular flexibility index (Phi) is 5.33. The fourth-order valence-corrected chi connectivity index (χ4v) is 2.47. The fourth-order valence-electron chi connectivity index (χ4n) is 2.47. The van der Waals surface area contributed by atoms with Gasteiger partial charge in [-0.1, -0.05) is 44.2 Å². The number of urea groups is 1. The minimum Gasteiger partial charge on any atom is -0.348 e. The van der Waals surface area contributed by atoms with Crippen molar-refractivity contribution >= 4 is 23.8 Å². The molecule has 1 fully saturated rings. The van der Waals surface area contributed by atoms with E-state index in [-0.39, 0.29) is 18.5 Å². The first-order valence-corrected chi connectivity index (χ1v) is 7.83. The molecule has 0 aromatic heterocycles. The second-order valence-electron chi connectivity index (χ2n) is 6.18. The lowest BCUT2D eigenvalue weighted by Gasteiger charge is -2.18. The molecular weight excluding hydrogens is 310 g/mol. The zero-order valence-electron chi connectivity index (χ0n) is 14.0. The lowest BCUT2D eigenvalue weighted by atomic mass is 10.1. The Labute approximate surface area is 140 Å². The van der Waals surface area contributed by atoms with Gasteiger partial charge in [-0.25, -0.2) is 9.69 Å². The maximum Gasteiger partial charge on any atom is 0.334 e. The molecule has 1 atom stereocenters. The van der Waals surface area contributed by atoms with E-state index in [4.69, 9.17) is 0 Å². The van der Waals surface area contributed by atoms with Gasteiger partial charge >= 0.3 is 17.8 Å². The summed E-state index contributed by atoms with van der Waals surface area (Å²) in [6.45, 7) is 5.16. The van der Waals surface area contributed by atoms with Gasteiger partial charge in [-0.2, -0.15) is 0 Å². The lowest BCUT2D eigenvalue weighted by molar-refractivity contribution is -0.144. The van der Waals surface area contributed by atoms with Gasteiger partial charge < -0.3 is 5.32 Å². The van der Waals surface area contributed by atoms with Gasteiger partial charge in [-0.3, -0.25) is 19.3 Å². The van der Waals surface area contributed by atoms with E-state index in [0.29, 0.717) is 4.90 Å². The molecular formula is C17H21N3O4. The molecule has 0 spiro atoms. The van der Waals surface area contributed by atoms with Crippen molar-refractivity contribution < 1.29 is 19.2 Å². The predicted octanol–water partition coefficient (Wildman–Crippen LogP) is 1.31. The molecule has 1 saturated heterocycles. The number of hydrogen-bond acceptors (Lipinski definition) is 4. The third-order valence-electron chi connectivity index (χ3n) is 3.66. The zero-order valence-corrected chi connectivity index (χ0v) is 14.0. The van der Waals surface area contributed by atoms with E-state index in [0.717, 1.165) is 10.5 Å². The van der Waals surface area contributed by atoms with Crippen LogP contribution < -0.4 is 5.32 Å². The first-order valence-electron chi connectivity index (χ1n) is 7.83. The van der Waals surface area contributed by atoms with E-state index >= 15 is 0 Å². The number of hydrogen-bond donors (Lipinski definition) is 1. The average molecular weight is 331 g/mol. The smallest absolute Gasteiger partial charge is 0.334 e. The first kappa shape index (κ1) is 17.7. The molecule has 1 N–H and O–H groups in total. The Morgan fingerprint density at radius 1 is 1.00 bits per heavy atom. The summed E-state index contributed by atoms with van der Waals surface area (Å²) >= 11 is 0. The van der Waals surface area contributed by atoms with Crippen molar-refractivity contribution in [3.63, 3.8) is 0 Å². The molecule has 5 amide bonds. The van der Waals surface area contributed by atoms with Crippen LogP contribution in [0.5, 0.6) is 0 Å². The third kappa shape index (κ3) is 3.79. The van der Waals surface area contributed by atoms with Crippen LogP contribution in [0.3, 0.4) is 0 Å². The zero-order chi connectivity index (χ0) is 17.9. The van der Waals surface area contributed by atoms with Gasteiger partial charge in [0.05, 0.1) is 6.04 Å². The van der Waals surface area contributed by atoms with E-state index in [2.05, 4.69) is 5.32 Å². The Bertz CT molecular complexity index is 657. The van der Waals surface area contributed by atoms with E-state index < -0.39 is 30.3 Å². The highest BCUT2D eigenvalue weighted by atomic mass is 16.2. The van der Waals surface area contributed by atoms with Crippen LogP contribution in [-0.4, -0.2) is 46.6 Å². The SMILES string of the molecule is CC(C)CN1C(=O)C(=O)N(CC(=O)N[C@H](C)c2ccccc2)C1=O. The fraction of sp³-hybridized carbons (Fsp3) is 0.412. The largest absolute Gasteiger partial charge is 0.348 e. The lowest BCUT2D eigenvalue weighted by Crippen LogP contribution is -2.42. The Balaban J connectivity index is 2.00. The van der Waals surface area contributed by atoms with Crippen molar-refractivity contribution in [2.75, 3.05) is 13.1 Å². The highest BCUT2D eigenvalue weighted by Crippen LogP contribution is 2.15. The summed E-state index contributed by atoms with van der Waals surface area (Å²) in [6.07, 6.45) is 0. The van der Waals surface area contributed by atoms with E-state index in [1.807, 2.05) is 44.2 Å². The summed E-state index contributed by atoms with van der Waals surface area (Å²) in [6, 6.07) is 8.31. The average Bonchev–Trinajstić information content (AvgIpc) is 2.73. The van der Waals surface area contributed by atoms with Crippen LogP contribution in [0.4, 0.5) is 4.79 Å². The van der Waals surface area contributed by atoms with Crippen LogP contribution in [0.1, 0.15) is 32.4 Å². The molecule has 1 aromatic carbocycles. The molecule has 0 unspecified atom stereocenters. The highest BCUT2D eigenvalue weighted by Gasteiger charge is 2.45. The maximum absolute atomic E-state index is 12.2. The summed E-state index contributed by atoms with van der Waals surface area (Å²) in [5.41, 5.74) is 0.905. The van der Waals surface area contributed by atoms with Crippen LogP contribution in [0.25, 0.3) is 0 Å². The molecule has 0 saturated carbocycles. The normalized spacial score (nSPS) is 16.1. The number of amides is 5. The molecule has 24 heavy (non-hydrogen) atoms. The molecule has 1 aliphatic rings. The standard InChI is InChI=1S/C17H21N3O4/c1-11(2)9-19-15(22)16(23)20(17(19)24)10-14(21)18-12(3)13-7-5-4-6-8-13/h4-8,11-12H,9-10H2,1-3H3,(H,18,21)/t12-/m1/s1. The summed E-state index contributed by atoms with van der Waals surface area (Å²) in [4.78, 5) is 49.7. The molecule has 7 nitrogen and oxygen atoms in total. The van der Waals surface area contributed by atoms with E-state index in [1.165, 1.54) is 0 Å². The molecule has 1 aromatic rings. The summed E-state index contributed by atoms with van der Waals surface area (Å²) in [7, 11) is 0. The van der Waals surface area contributed by atoms with Crippen LogP contribution in [0, 0.1) is 5.92 Å². The number of carbonyl (C=O) groups excluding carboxylic acids is 4. The molecule has 0 radical (unpaired) electrons.